The number of methoxy groups -OCH3 is 1. The van der Waals surface area contributed by atoms with Gasteiger partial charge in [0.05, 0.1) is 13.7 Å². The lowest BCUT2D eigenvalue weighted by atomic mass is 10.0. The number of carbonyl (C=O) groups excluding carboxylic acids is 1. The highest BCUT2D eigenvalue weighted by Crippen LogP contribution is 2.37. The van der Waals surface area contributed by atoms with E-state index in [1.54, 1.807) is 13.1 Å². The molecule has 1 fully saturated rings. The number of anilines is 1. The number of benzene rings is 2. The first-order valence-corrected chi connectivity index (χ1v) is 11.1. The fourth-order valence-corrected chi connectivity index (χ4v) is 4.44. The van der Waals surface area contributed by atoms with Gasteiger partial charge in [-0.15, -0.1) is 0 Å². The number of rotatable bonds is 6. The molecule has 4 rings (SSSR count). The number of ether oxygens (including phenoxy) is 1. The molecule has 0 spiro atoms. The number of likely N-dealkylation sites (N-methyl/N-ethyl adjacent to an activating group) is 1. The third-order valence-electron chi connectivity index (χ3n) is 6.19. The lowest BCUT2D eigenvalue weighted by Gasteiger charge is -2.42. The minimum atomic E-state index is -4.54. The summed E-state index contributed by atoms with van der Waals surface area (Å²) in [6.07, 6.45) is -3.79. The molecule has 1 unspecified atom stereocenters. The van der Waals surface area contributed by atoms with Gasteiger partial charge in [-0.2, -0.15) is 13.2 Å². The van der Waals surface area contributed by atoms with Crippen molar-refractivity contribution in [2.45, 2.75) is 18.6 Å². The summed E-state index contributed by atoms with van der Waals surface area (Å²) >= 11 is 0. The highest BCUT2D eigenvalue weighted by atomic mass is 19.4. The molecule has 1 amide bonds. The average molecular weight is 473 g/mol. The minimum absolute atomic E-state index is 0.0491. The van der Waals surface area contributed by atoms with Crippen LogP contribution < -0.4 is 15.0 Å². The van der Waals surface area contributed by atoms with Gasteiger partial charge in [0.15, 0.2) is 0 Å². The molecule has 2 aromatic carbocycles. The molecule has 9 heteroatoms. The minimum Gasteiger partial charge on any atom is -0.494 e. The molecule has 0 bridgehead atoms. The van der Waals surface area contributed by atoms with Gasteiger partial charge in [0.25, 0.3) is 0 Å². The molecule has 1 aliphatic rings. The van der Waals surface area contributed by atoms with E-state index >= 15 is 0 Å². The van der Waals surface area contributed by atoms with Crippen LogP contribution in [0.5, 0.6) is 5.75 Å². The van der Waals surface area contributed by atoms with Crippen molar-refractivity contribution in [3.63, 3.8) is 0 Å². The monoisotopic (exact) mass is 472 g/mol. The van der Waals surface area contributed by atoms with Gasteiger partial charge in [-0.1, -0.05) is 30.3 Å². The van der Waals surface area contributed by atoms with Crippen LogP contribution in [-0.2, 0) is 17.4 Å². The van der Waals surface area contributed by atoms with Gasteiger partial charge >= 0.3 is 6.18 Å². The number of halogens is 3. The molecule has 1 N–H and O–H groups in total. The van der Waals surface area contributed by atoms with Gasteiger partial charge in [-0.25, -0.2) is 4.98 Å². The Bertz CT molecular complexity index is 1150. The van der Waals surface area contributed by atoms with Gasteiger partial charge in [-0.05, 0) is 36.2 Å². The number of carbonyl (C=O) groups is 1. The summed E-state index contributed by atoms with van der Waals surface area (Å²) in [6.45, 7) is 2.19. The van der Waals surface area contributed by atoms with Crippen molar-refractivity contribution in [2.24, 2.45) is 0 Å². The van der Waals surface area contributed by atoms with E-state index in [1.807, 2.05) is 24.3 Å². The molecule has 6 nitrogen and oxygen atoms in total. The zero-order chi connectivity index (χ0) is 24.3. The number of aromatic nitrogens is 1. The van der Waals surface area contributed by atoms with Gasteiger partial charge < -0.3 is 15.0 Å². The Morgan fingerprint density at radius 2 is 1.88 bits per heavy atom. The number of fused-ring (bicyclic) bond motifs is 1. The number of piperazine rings is 1. The SMILES string of the molecule is CNC(=O)CN1CCN(c2ccc(OC)c3nc(C(F)(F)F)ccc23)CC1Cc1ccccc1. The van der Waals surface area contributed by atoms with Crippen LogP contribution in [0.3, 0.4) is 0 Å². The number of alkyl halides is 3. The average Bonchev–Trinajstić information content (AvgIpc) is 2.84. The van der Waals surface area contributed by atoms with Crippen LogP contribution in [0.25, 0.3) is 10.9 Å². The molecule has 3 aromatic rings. The van der Waals surface area contributed by atoms with Crippen LogP contribution in [0.1, 0.15) is 11.3 Å². The van der Waals surface area contributed by atoms with Crippen LogP contribution >= 0.6 is 0 Å². The maximum Gasteiger partial charge on any atom is 0.433 e. The van der Waals surface area contributed by atoms with Crippen LogP contribution in [0.15, 0.2) is 54.6 Å². The second-order valence-electron chi connectivity index (χ2n) is 8.31. The number of nitrogens with zero attached hydrogens (tertiary/aromatic N) is 3. The molecule has 1 aliphatic heterocycles. The molecule has 0 aliphatic carbocycles. The van der Waals surface area contributed by atoms with E-state index < -0.39 is 11.9 Å². The van der Waals surface area contributed by atoms with Gasteiger partial charge in [0.2, 0.25) is 5.91 Å². The van der Waals surface area contributed by atoms with E-state index in [4.69, 9.17) is 4.74 Å². The van der Waals surface area contributed by atoms with Gasteiger partial charge in [0, 0.05) is 43.8 Å². The summed E-state index contributed by atoms with van der Waals surface area (Å²) in [7, 11) is 3.04. The quantitative estimate of drug-likeness (QED) is 0.593. The maximum atomic E-state index is 13.3. The Labute approximate surface area is 196 Å². The highest BCUT2D eigenvalue weighted by Gasteiger charge is 2.34. The standard InChI is InChI=1S/C25H27F3N4O2/c1-29-23(33)16-31-12-13-32(15-18(31)14-17-6-4-3-5-7-17)20-9-10-21(34-2)24-19(20)8-11-22(30-24)25(26,27)28/h3-11,18H,12-16H2,1-2H3,(H,29,33). The number of hydrogen-bond acceptors (Lipinski definition) is 5. The lowest BCUT2D eigenvalue weighted by molar-refractivity contribution is -0.141. The Kier molecular flexibility index (Phi) is 6.92. The fraction of sp³-hybridized carbons (Fsp3) is 0.360. The van der Waals surface area contributed by atoms with Crippen molar-refractivity contribution in [3.8, 4) is 5.75 Å². The van der Waals surface area contributed by atoms with E-state index in [0.29, 0.717) is 37.3 Å². The van der Waals surface area contributed by atoms with Crippen molar-refractivity contribution in [3.05, 3.63) is 65.9 Å². The predicted octanol–water partition coefficient (Wildman–Crippen LogP) is 3.74. The van der Waals surface area contributed by atoms with Crippen LogP contribution in [0.2, 0.25) is 0 Å². The molecule has 34 heavy (non-hydrogen) atoms. The highest BCUT2D eigenvalue weighted by molar-refractivity contribution is 5.96. The second kappa shape index (κ2) is 9.89. The van der Waals surface area contributed by atoms with Crippen LogP contribution in [-0.4, -0.2) is 62.2 Å². The lowest BCUT2D eigenvalue weighted by Crippen LogP contribution is -2.56. The molecule has 180 valence electrons. The van der Waals surface area contributed by atoms with Crippen LogP contribution in [0, 0.1) is 0 Å². The molecule has 1 aromatic heterocycles. The summed E-state index contributed by atoms with van der Waals surface area (Å²) in [4.78, 5) is 20.3. The number of hydrogen-bond donors (Lipinski definition) is 1. The smallest absolute Gasteiger partial charge is 0.433 e. The molecular formula is C25H27F3N4O2. The van der Waals surface area contributed by atoms with Crippen molar-refractivity contribution in [2.75, 3.05) is 45.2 Å². The summed E-state index contributed by atoms with van der Waals surface area (Å²) < 4.78 is 45.2. The Hall–Kier alpha value is -3.33. The molecule has 0 radical (unpaired) electrons. The van der Waals surface area contributed by atoms with Crippen LogP contribution in [0.4, 0.5) is 18.9 Å². The van der Waals surface area contributed by atoms with Crippen molar-refractivity contribution < 1.29 is 22.7 Å². The maximum absolute atomic E-state index is 13.3. The number of nitrogens with one attached hydrogen (secondary N) is 1. The van der Waals surface area contributed by atoms with E-state index in [9.17, 15) is 18.0 Å². The van der Waals surface area contributed by atoms with Gasteiger partial charge in [-0.3, -0.25) is 9.69 Å². The zero-order valence-electron chi connectivity index (χ0n) is 19.1. The molecule has 1 atom stereocenters. The molecule has 1 saturated heterocycles. The summed E-state index contributed by atoms with van der Waals surface area (Å²) in [5.41, 5.74) is 1.19. The van der Waals surface area contributed by atoms with Crippen molar-refractivity contribution in [1.29, 1.82) is 0 Å². The first-order chi connectivity index (χ1) is 16.3. The fourth-order valence-electron chi connectivity index (χ4n) is 4.44. The summed E-state index contributed by atoms with van der Waals surface area (Å²) in [5, 5.41) is 3.29. The van der Waals surface area contributed by atoms with Crippen molar-refractivity contribution in [1.82, 2.24) is 15.2 Å². The van der Waals surface area contributed by atoms with E-state index in [2.05, 4.69) is 32.2 Å². The number of pyridine rings is 1. The van der Waals surface area contributed by atoms with E-state index in [-0.39, 0.29) is 17.5 Å². The topological polar surface area (TPSA) is 57.7 Å². The normalized spacial score (nSPS) is 17.1. The Morgan fingerprint density at radius 3 is 2.56 bits per heavy atom. The Balaban J connectivity index is 1.68. The summed E-state index contributed by atoms with van der Waals surface area (Å²) in [6, 6.07) is 16.1. The number of amides is 1. The molecule has 2 heterocycles. The predicted molar refractivity (Wildman–Crippen MR) is 125 cm³/mol. The van der Waals surface area contributed by atoms with Crippen molar-refractivity contribution >= 4 is 22.5 Å². The second-order valence-corrected chi connectivity index (χ2v) is 8.31. The first kappa shape index (κ1) is 23.8. The largest absolute Gasteiger partial charge is 0.494 e. The molecular weight excluding hydrogens is 445 g/mol. The zero-order valence-corrected chi connectivity index (χ0v) is 19.1. The Morgan fingerprint density at radius 1 is 1.12 bits per heavy atom. The third kappa shape index (κ3) is 5.09. The van der Waals surface area contributed by atoms with E-state index in [1.165, 1.54) is 13.2 Å². The first-order valence-electron chi connectivity index (χ1n) is 11.1. The third-order valence-corrected chi connectivity index (χ3v) is 6.19. The van der Waals surface area contributed by atoms with Gasteiger partial charge in [0.1, 0.15) is 17.0 Å². The molecule has 0 saturated carbocycles. The van der Waals surface area contributed by atoms with E-state index in [0.717, 1.165) is 23.7 Å². The summed E-state index contributed by atoms with van der Waals surface area (Å²) in [5.74, 6) is 0.245.